The van der Waals surface area contributed by atoms with Crippen molar-refractivity contribution < 1.29 is 4.79 Å². The van der Waals surface area contributed by atoms with Crippen molar-refractivity contribution in [1.82, 2.24) is 15.5 Å². The van der Waals surface area contributed by atoms with Crippen LogP contribution < -0.4 is 10.6 Å². The zero-order chi connectivity index (χ0) is 12.8. The minimum atomic E-state index is 0.166. The molecule has 0 bridgehead atoms. The summed E-state index contributed by atoms with van der Waals surface area (Å²) in [6, 6.07) is 0.827. The van der Waals surface area contributed by atoms with E-state index in [9.17, 15) is 4.79 Å². The highest BCUT2D eigenvalue weighted by molar-refractivity contribution is 5.75. The number of amides is 1. The quantitative estimate of drug-likeness (QED) is 0.711. The molecule has 2 aliphatic rings. The first-order valence-electron chi connectivity index (χ1n) is 7.44. The third-order valence-corrected chi connectivity index (χ3v) is 4.03. The van der Waals surface area contributed by atoms with E-state index in [1.807, 2.05) is 0 Å². The summed E-state index contributed by atoms with van der Waals surface area (Å²) in [5.74, 6) is 0.985. The molecule has 1 aliphatic heterocycles. The first-order valence-corrected chi connectivity index (χ1v) is 7.44. The molecule has 0 aromatic heterocycles. The SMILES string of the molecule is CNC(=O)CCCN1CCCC(CNC2CC2)C1. The molecular formula is C14H27N3O. The van der Waals surface area contributed by atoms with Crippen LogP contribution in [0, 0.1) is 5.92 Å². The monoisotopic (exact) mass is 253 g/mol. The van der Waals surface area contributed by atoms with Crippen molar-refractivity contribution in [3.63, 3.8) is 0 Å². The van der Waals surface area contributed by atoms with E-state index < -0.39 is 0 Å². The van der Waals surface area contributed by atoms with Crippen LogP contribution in [0.4, 0.5) is 0 Å². The molecule has 4 nitrogen and oxygen atoms in total. The van der Waals surface area contributed by atoms with Crippen molar-refractivity contribution in [2.45, 2.75) is 44.6 Å². The van der Waals surface area contributed by atoms with Gasteiger partial charge in [0.1, 0.15) is 0 Å². The number of hydrogen-bond donors (Lipinski definition) is 2. The van der Waals surface area contributed by atoms with E-state index in [0.717, 1.165) is 24.9 Å². The van der Waals surface area contributed by atoms with Gasteiger partial charge in [0.15, 0.2) is 0 Å². The molecule has 2 fully saturated rings. The summed E-state index contributed by atoms with van der Waals surface area (Å²) < 4.78 is 0. The minimum Gasteiger partial charge on any atom is -0.359 e. The lowest BCUT2D eigenvalue weighted by molar-refractivity contribution is -0.120. The highest BCUT2D eigenvalue weighted by atomic mass is 16.1. The molecule has 0 aromatic rings. The lowest BCUT2D eigenvalue weighted by Gasteiger charge is -2.32. The van der Waals surface area contributed by atoms with Gasteiger partial charge in [0, 0.05) is 26.1 Å². The number of carbonyl (C=O) groups is 1. The Morgan fingerprint density at radius 3 is 2.89 bits per heavy atom. The lowest BCUT2D eigenvalue weighted by atomic mass is 9.97. The molecule has 2 rings (SSSR count). The molecule has 1 atom stereocenters. The van der Waals surface area contributed by atoms with Gasteiger partial charge in [-0.25, -0.2) is 0 Å². The van der Waals surface area contributed by atoms with Crippen LogP contribution in [0.25, 0.3) is 0 Å². The summed E-state index contributed by atoms with van der Waals surface area (Å²) in [5.41, 5.74) is 0. The molecule has 1 saturated heterocycles. The summed E-state index contributed by atoms with van der Waals surface area (Å²) in [7, 11) is 1.71. The Balaban J connectivity index is 1.58. The first-order chi connectivity index (χ1) is 8.78. The van der Waals surface area contributed by atoms with Gasteiger partial charge in [-0.1, -0.05) is 0 Å². The van der Waals surface area contributed by atoms with Crippen LogP contribution in [0.15, 0.2) is 0 Å². The smallest absolute Gasteiger partial charge is 0.219 e. The van der Waals surface area contributed by atoms with Gasteiger partial charge in [-0.05, 0) is 57.7 Å². The van der Waals surface area contributed by atoms with Crippen molar-refractivity contribution in [3.05, 3.63) is 0 Å². The predicted molar refractivity (Wildman–Crippen MR) is 73.5 cm³/mol. The molecule has 1 saturated carbocycles. The van der Waals surface area contributed by atoms with Gasteiger partial charge >= 0.3 is 0 Å². The van der Waals surface area contributed by atoms with Crippen LogP contribution in [0.5, 0.6) is 0 Å². The van der Waals surface area contributed by atoms with Gasteiger partial charge in [-0.3, -0.25) is 4.79 Å². The molecule has 2 N–H and O–H groups in total. The normalized spacial score (nSPS) is 25.1. The van der Waals surface area contributed by atoms with E-state index in [1.54, 1.807) is 7.05 Å². The molecule has 0 aromatic carbocycles. The number of hydrogen-bond acceptors (Lipinski definition) is 3. The second-order valence-electron chi connectivity index (χ2n) is 5.77. The molecule has 1 amide bonds. The van der Waals surface area contributed by atoms with Crippen molar-refractivity contribution in [1.29, 1.82) is 0 Å². The van der Waals surface area contributed by atoms with Crippen LogP contribution in [0.3, 0.4) is 0 Å². The maximum Gasteiger partial charge on any atom is 0.219 e. The number of likely N-dealkylation sites (tertiary alicyclic amines) is 1. The molecule has 1 heterocycles. The molecule has 0 radical (unpaired) electrons. The molecule has 1 aliphatic carbocycles. The number of carbonyl (C=O) groups excluding carboxylic acids is 1. The second kappa shape index (κ2) is 7.10. The van der Waals surface area contributed by atoms with E-state index in [4.69, 9.17) is 0 Å². The van der Waals surface area contributed by atoms with E-state index in [0.29, 0.717) is 6.42 Å². The zero-order valence-corrected chi connectivity index (χ0v) is 11.6. The topological polar surface area (TPSA) is 44.4 Å². The van der Waals surface area contributed by atoms with Crippen LogP contribution >= 0.6 is 0 Å². The molecule has 4 heteroatoms. The van der Waals surface area contributed by atoms with Crippen molar-refractivity contribution in [3.8, 4) is 0 Å². The fourth-order valence-electron chi connectivity index (χ4n) is 2.73. The Morgan fingerprint density at radius 2 is 2.17 bits per heavy atom. The molecular weight excluding hydrogens is 226 g/mol. The average molecular weight is 253 g/mol. The summed E-state index contributed by atoms with van der Waals surface area (Å²) in [6.45, 7) is 4.70. The van der Waals surface area contributed by atoms with Crippen LogP contribution in [0.1, 0.15) is 38.5 Å². The minimum absolute atomic E-state index is 0.166. The summed E-state index contributed by atoms with van der Waals surface area (Å²) in [6.07, 6.45) is 7.09. The largest absolute Gasteiger partial charge is 0.359 e. The third-order valence-electron chi connectivity index (χ3n) is 4.03. The maximum absolute atomic E-state index is 11.2. The Morgan fingerprint density at radius 1 is 1.33 bits per heavy atom. The van der Waals surface area contributed by atoms with Gasteiger partial charge in [0.25, 0.3) is 0 Å². The van der Waals surface area contributed by atoms with Gasteiger partial charge in [0.05, 0.1) is 0 Å². The highest BCUT2D eigenvalue weighted by Gasteiger charge is 2.24. The number of nitrogens with one attached hydrogen (secondary N) is 2. The molecule has 0 spiro atoms. The Kier molecular flexibility index (Phi) is 5.45. The van der Waals surface area contributed by atoms with Crippen LogP contribution in [-0.2, 0) is 4.79 Å². The van der Waals surface area contributed by atoms with Gasteiger partial charge in [-0.15, -0.1) is 0 Å². The number of piperidine rings is 1. The Labute approximate surface area is 110 Å². The van der Waals surface area contributed by atoms with E-state index >= 15 is 0 Å². The molecule has 18 heavy (non-hydrogen) atoms. The van der Waals surface area contributed by atoms with Crippen LogP contribution in [-0.4, -0.2) is 50.1 Å². The second-order valence-corrected chi connectivity index (χ2v) is 5.77. The molecule has 104 valence electrons. The van der Waals surface area contributed by atoms with E-state index in [2.05, 4.69) is 15.5 Å². The third kappa shape index (κ3) is 4.94. The summed E-state index contributed by atoms with van der Waals surface area (Å²) >= 11 is 0. The number of nitrogens with zero attached hydrogens (tertiary/aromatic N) is 1. The van der Waals surface area contributed by atoms with Crippen molar-refractivity contribution in [2.24, 2.45) is 5.92 Å². The predicted octanol–water partition coefficient (Wildman–Crippen LogP) is 0.977. The van der Waals surface area contributed by atoms with Gasteiger partial charge in [0.2, 0.25) is 5.91 Å². The van der Waals surface area contributed by atoms with E-state index in [-0.39, 0.29) is 5.91 Å². The maximum atomic E-state index is 11.2. The first kappa shape index (κ1) is 13.8. The fourth-order valence-corrected chi connectivity index (χ4v) is 2.73. The zero-order valence-electron chi connectivity index (χ0n) is 11.6. The van der Waals surface area contributed by atoms with Crippen LogP contribution in [0.2, 0.25) is 0 Å². The van der Waals surface area contributed by atoms with Gasteiger partial charge in [-0.2, -0.15) is 0 Å². The number of rotatable bonds is 7. The molecule has 1 unspecified atom stereocenters. The Bertz CT molecular complexity index is 266. The summed E-state index contributed by atoms with van der Waals surface area (Å²) in [4.78, 5) is 13.7. The fraction of sp³-hybridized carbons (Fsp3) is 0.929. The average Bonchev–Trinajstić information content (AvgIpc) is 3.21. The van der Waals surface area contributed by atoms with Crippen molar-refractivity contribution >= 4 is 5.91 Å². The Hall–Kier alpha value is -0.610. The summed E-state index contributed by atoms with van der Waals surface area (Å²) in [5, 5.41) is 6.32. The standard InChI is InChI=1S/C14H27N3O/c1-15-14(18)5-3-9-17-8-2-4-12(11-17)10-16-13-6-7-13/h12-13,16H,2-11H2,1H3,(H,15,18). The highest BCUT2D eigenvalue weighted by Crippen LogP contribution is 2.21. The van der Waals surface area contributed by atoms with Crippen molar-refractivity contribution in [2.75, 3.05) is 33.2 Å². The lowest BCUT2D eigenvalue weighted by Crippen LogP contribution is -2.40. The van der Waals surface area contributed by atoms with E-state index in [1.165, 1.54) is 45.3 Å². The van der Waals surface area contributed by atoms with Gasteiger partial charge < -0.3 is 15.5 Å².